The lowest BCUT2D eigenvalue weighted by Gasteiger charge is -2.34. The van der Waals surface area contributed by atoms with E-state index in [4.69, 9.17) is 0 Å². The molecule has 4 aromatic rings. The van der Waals surface area contributed by atoms with Gasteiger partial charge in [-0.15, -0.1) is 0 Å². The van der Waals surface area contributed by atoms with Gasteiger partial charge in [-0.2, -0.15) is 0 Å². The summed E-state index contributed by atoms with van der Waals surface area (Å²) in [6.45, 7) is 9.08. The first kappa shape index (κ1) is 22.0. The molecule has 0 N–H and O–H groups in total. The van der Waals surface area contributed by atoms with Crippen LogP contribution in [0.5, 0.6) is 0 Å². The molecule has 0 bridgehead atoms. The molecule has 170 valence electrons. The van der Waals surface area contributed by atoms with E-state index in [1.807, 2.05) is 0 Å². The molecule has 5 rings (SSSR count). The average Bonchev–Trinajstić information content (AvgIpc) is 3.25. The minimum Gasteiger partial charge on any atom is -0.325 e. The van der Waals surface area contributed by atoms with Gasteiger partial charge in [0.05, 0.1) is 5.69 Å². The van der Waals surface area contributed by atoms with Gasteiger partial charge in [0.1, 0.15) is 6.17 Å². The van der Waals surface area contributed by atoms with Gasteiger partial charge < -0.3 is 9.80 Å². The van der Waals surface area contributed by atoms with Crippen LogP contribution in [0.25, 0.3) is 22.3 Å². The molecule has 0 spiro atoms. The van der Waals surface area contributed by atoms with Crippen molar-refractivity contribution in [3.05, 3.63) is 121 Å². The average molecular weight is 445 g/mol. The highest BCUT2D eigenvalue weighted by atomic mass is 15.4. The van der Waals surface area contributed by atoms with Gasteiger partial charge in [-0.25, -0.2) is 0 Å². The van der Waals surface area contributed by atoms with E-state index in [0.717, 1.165) is 0 Å². The maximum Gasteiger partial charge on any atom is 0.107 e. The Morgan fingerprint density at radius 1 is 0.618 bits per heavy atom. The smallest absolute Gasteiger partial charge is 0.107 e. The quantitative estimate of drug-likeness (QED) is 0.304. The highest BCUT2D eigenvalue weighted by molar-refractivity contribution is 5.92. The second-order valence-corrected chi connectivity index (χ2v) is 9.32. The van der Waals surface area contributed by atoms with Crippen LogP contribution in [0.1, 0.15) is 37.8 Å². The van der Waals surface area contributed by atoms with E-state index in [1.165, 1.54) is 44.8 Å². The van der Waals surface area contributed by atoms with Crippen molar-refractivity contribution in [2.75, 3.05) is 9.80 Å². The zero-order chi connectivity index (χ0) is 23.7. The molecule has 0 amide bonds. The summed E-state index contributed by atoms with van der Waals surface area (Å²) in [5.41, 5.74) is 10.2. The summed E-state index contributed by atoms with van der Waals surface area (Å²) in [4.78, 5) is 4.82. The summed E-state index contributed by atoms with van der Waals surface area (Å²) in [5.74, 6) is 0.501. The molecular weight excluding hydrogens is 412 g/mol. The number of anilines is 2. The lowest BCUT2D eigenvalue weighted by Crippen LogP contribution is -2.36. The first-order chi connectivity index (χ1) is 16.6. The van der Waals surface area contributed by atoms with Crippen molar-refractivity contribution in [1.29, 1.82) is 0 Å². The Labute approximate surface area is 203 Å². The molecule has 2 heteroatoms. The van der Waals surface area contributed by atoms with E-state index in [2.05, 4.69) is 147 Å². The molecule has 1 atom stereocenters. The van der Waals surface area contributed by atoms with E-state index >= 15 is 0 Å². The zero-order valence-electron chi connectivity index (χ0n) is 20.4. The monoisotopic (exact) mass is 444 g/mol. The molecule has 0 radical (unpaired) electrons. The fraction of sp³-hybridized carbons (Fsp3) is 0.188. The fourth-order valence-corrected chi connectivity index (χ4v) is 5.14. The van der Waals surface area contributed by atoms with Crippen LogP contribution in [0.3, 0.4) is 0 Å². The number of rotatable bonds is 5. The molecule has 0 unspecified atom stereocenters. The molecule has 1 heterocycles. The predicted molar refractivity (Wildman–Crippen MR) is 146 cm³/mol. The van der Waals surface area contributed by atoms with Gasteiger partial charge in [0, 0.05) is 29.2 Å². The van der Waals surface area contributed by atoms with Crippen LogP contribution in [0.15, 0.2) is 109 Å². The standard InChI is InChI=1S/C32H32N2/c1-23(2)28-17-12-20-31(24(28)3)33-21-22-34(25(33)4)32-29(26-13-7-5-8-14-26)18-11-19-30(32)27-15-9-6-10-16-27/h5-23,25H,1-4H3/t25-/m0/s1. The third-order valence-electron chi connectivity index (χ3n) is 6.90. The molecule has 0 aromatic heterocycles. The summed E-state index contributed by atoms with van der Waals surface area (Å²) >= 11 is 0. The summed E-state index contributed by atoms with van der Waals surface area (Å²) in [6.07, 6.45) is 4.61. The van der Waals surface area contributed by atoms with Gasteiger partial charge in [-0.1, -0.05) is 105 Å². The molecule has 0 fully saturated rings. The Balaban J connectivity index is 1.63. The van der Waals surface area contributed by atoms with E-state index in [1.54, 1.807) is 0 Å². The third kappa shape index (κ3) is 3.90. The van der Waals surface area contributed by atoms with Crippen molar-refractivity contribution in [1.82, 2.24) is 0 Å². The van der Waals surface area contributed by atoms with Crippen molar-refractivity contribution < 1.29 is 0 Å². The lowest BCUT2D eigenvalue weighted by molar-refractivity contribution is 0.746. The minimum absolute atomic E-state index is 0.147. The maximum absolute atomic E-state index is 2.42. The molecule has 2 nitrogen and oxygen atoms in total. The fourth-order valence-electron chi connectivity index (χ4n) is 5.14. The Bertz CT molecular complexity index is 1250. The van der Waals surface area contributed by atoms with Crippen molar-refractivity contribution >= 4 is 11.4 Å². The Kier molecular flexibility index (Phi) is 5.98. The van der Waals surface area contributed by atoms with Crippen LogP contribution < -0.4 is 9.80 Å². The molecule has 0 saturated carbocycles. The SMILES string of the molecule is Cc1c(C(C)C)cccc1N1C=CN(c2c(-c3ccccc3)cccc2-c2ccccc2)[C@H]1C. The van der Waals surface area contributed by atoms with Crippen LogP contribution in [0.4, 0.5) is 11.4 Å². The van der Waals surface area contributed by atoms with Crippen LogP contribution >= 0.6 is 0 Å². The molecule has 1 aliphatic heterocycles. The van der Waals surface area contributed by atoms with Crippen LogP contribution in [0.2, 0.25) is 0 Å². The third-order valence-corrected chi connectivity index (χ3v) is 6.90. The Morgan fingerprint density at radius 3 is 1.71 bits per heavy atom. The van der Waals surface area contributed by atoms with Crippen molar-refractivity contribution in [2.45, 2.75) is 39.8 Å². The number of nitrogens with zero attached hydrogens (tertiary/aromatic N) is 2. The largest absolute Gasteiger partial charge is 0.325 e. The highest BCUT2D eigenvalue weighted by Gasteiger charge is 2.29. The normalized spacial score (nSPS) is 15.4. The van der Waals surface area contributed by atoms with Gasteiger partial charge in [0.2, 0.25) is 0 Å². The molecule has 1 aliphatic rings. The molecule has 0 aliphatic carbocycles. The summed E-state index contributed by atoms with van der Waals surface area (Å²) in [5, 5.41) is 0. The van der Waals surface area contributed by atoms with Gasteiger partial charge >= 0.3 is 0 Å². The number of para-hydroxylation sites is 1. The molecule has 0 saturated heterocycles. The topological polar surface area (TPSA) is 6.48 Å². The highest BCUT2D eigenvalue weighted by Crippen LogP contribution is 2.43. The lowest BCUT2D eigenvalue weighted by atomic mass is 9.95. The van der Waals surface area contributed by atoms with Crippen molar-refractivity contribution in [3.63, 3.8) is 0 Å². The number of hydrogen-bond acceptors (Lipinski definition) is 2. The first-order valence-corrected chi connectivity index (χ1v) is 12.1. The second kappa shape index (κ2) is 9.23. The number of benzene rings is 4. The van der Waals surface area contributed by atoms with Crippen LogP contribution in [-0.2, 0) is 0 Å². The number of hydrogen-bond donors (Lipinski definition) is 0. The van der Waals surface area contributed by atoms with Gasteiger partial charge in [0.25, 0.3) is 0 Å². The summed E-state index contributed by atoms with van der Waals surface area (Å²) in [6, 6.07) is 34.8. The van der Waals surface area contributed by atoms with Crippen LogP contribution in [-0.4, -0.2) is 6.17 Å². The van der Waals surface area contributed by atoms with Crippen LogP contribution in [0, 0.1) is 6.92 Å². The second-order valence-electron chi connectivity index (χ2n) is 9.32. The van der Waals surface area contributed by atoms with Gasteiger partial charge in [0.15, 0.2) is 0 Å². The predicted octanol–water partition coefficient (Wildman–Crippen LogP) is 8.60. The van der Waals surface area contributed by atoms with Gasteiger partial charge in [-0.05, 0) is 48.1 Å². The molecular formula is C32H32N2. The van der Waals surface area contributed by atoms with E-state index < -0.39 is 0 Å². The first-order valence-electron chi connectivity index (χ1n) is 12.1. The molecule has 4 aromatic carbocycles. The van der Waals surface area contributed by atoms with Crippen molar-refractivity contribution in [2.24, 2.45) is 0 Å². The summed E-state index contributed by atoms with van der Waals surface area (Å²) < 4.78 is 0. The summed E-state index contributed by atoms with van der Waals surface area (Å²) in [7, 11) is 0. The minimum atomic E-state index is 0.147. The maximum atomic E-state index is 2.42. The zero-order valence-corrected chi connectivity index (χ0v) is 20.4. The Morgan fingerprint density at radius 2 is 1.15 bits per heavy atom. The van der Waals surface area contributed by atoms with Gasteiger partial charge in [-0.3, -0.25) is 0 Å². The Hall–Kier alpha value is -3.78. The van der Waals surface area contributed by atoms with Crippen molar-refractivity contribution in [3.8, 4) is 22.3 Å². The van der Waals surface area contributed by atoms with E-state index in [-0.39, 0.29) is 6.17 Å². The molecule has 34 heavy (non-hydrogen) atoms. The van der Waals surface area contributed by atoms with E-state index in [0.29, 0.717) is 5.92 Å². The van der Waals surface area contributed by atoms with E-state index in [9.17, 15) is 0 Å².